The average Bonchev–Trinajstić information content (AvgIpc) is 2.65. The molecule has 0 unspecified atom stereocenters. The van der Waals surface area contributed by atoms with Crippen LogP contribution in [0.25, 0.3) is 11.4 Å². The van der Waals surface area contributed by atoms with Crippen LogP contribution >= 0.6 is 0 Å². The third-order valence-corrected chi connectivity index (χ3v) is 2.05. The summed E-state index contributed by atoms with van der Waals surface area (Å²) < 4.78 is 0. The number of aromatic nitrogens is 2. The van der Waals surface area contributed by atoms with Gasteiger partial charge in [0, 0.05) is 29.6 Å². The van der Waals surface area contributed by atoms with E-state index >= 15 is 0 Å². The lowest BCUT2D eigenvalue weighted by molar-refractivity contribution is -0.384. The van der Waals surface area contributed by atoms with Crippen molar-refractivity contribution in [3.8, 4) is 11.4 Å². The van der Waals surface area contributed by atoms with Crippen LogP contribution in [0.2, 0.25) is 0 Å². The van der Waals surface area contributed by atoms with Gasteiger partial charge < -0.3 is 4.98 Å². The van der Waals surface area contributed by atoms with Crippen LogP contribution in [0.15, 0.2) is 30.5 Å². The van der Waals surface area contributed by atoms with Crippen molar-refractivity contribution in [2.45, 2.75) is 6.92 Å². The molecule has 0 saturated carbocycles. The van der Waals surface area contributed by atoms with Gasteiger partial charge in [0.2, 0.25) is 0 Å². The molecule has 0 amide bonds. The van der Waals surface area contributed by atoms with E-state index in [0.29, 0.717) is 0 Å². The van der Waals surface area contributed by atoms with Crippen LogP contribution in [-0.2, 0) is 0 Å². The molecule has 1 aromatic heterocycles. The molecule has 0 saturated heterocycles. The topological polar surface area (TPSA) is 71.8 Å². The molecule has 0 radical (unpaired) electrons. The fourth-order valence-electron chi connectivity index (χ4n) is 1.30. The number of non-ortho nitro benzene ring substituents is 1. The minimum Gasteiger partial charge on any atom is -0.342 e. The molecule has 2 aromatic rings. The summed E-state index contributed by atoms with van der Waals surface area (Å²) in [4.78, 5) is 17.2. The largest absolute Gasteiger partial charge is 0.342 e. The van der Waals surface area contributed by atoms with E-state index in [0.717, 1.165) is 17.1 Å². The Labute approximate surface area is 85.9 Å². The standard InChI is InChI=1S/C10H9N3O2/c1-7-6-11-10(12-7)8-2-4-9(5-3-8)13(14)15/h2-6H,1H3,(H,11,12). The summed E-state index contributed by atoms with van der Waals surface area (Å²) in [6.45, 7) is 1.90. The number of hydrogen-bond donors (Lipinski definition) is 1. The Morgan fingerprint density at radius 2 is 2.00 bits per heavy atom. The number of nitrogens with zero attached hydrogens (tertiary/aromatic N) is 2. The van der Waals surface area contributed by atoms with Crippen molar-refractivity contribution in [3.63, 3.8) is 0 Å². The van der Waals surface area contributed by atoms with Crippen molar-refractivity contribution < 1.29 is 4.92 Å². The van der Waals surface area contributed by atoms with Crippen LogP contribution in [0.3, 0.4) is 0 Å². The molecular formula is C10H9N3O2. The van der Waals surface area contributed by atoms with Gasteiger partial charge in [-0.05, 0) is 19.1 Å². The maximum atomic E-state index is 10.4. The van der Waals surface area contributed by atoms with Gasteiger partial charge in [0.15, 0.2) is 0 Å². The lowest BCUT2D eigenvalue weighted by atomic mass is 10.2. The third-order valence-electron chi connectivity index (χ3n) is 2.05. The van der Waals surface area contributed by atoms with Gasteiger partial charge >= 0.3 is 0 Å². The van der Waals surface area contributed by atoms with Crippen molar-refractivity contribution in [2.75, 3.05) is 0 Å². The number of nitrogens with one attached hydrogen (secondary N) is 1. The number of rotatable bonds is 2. The highest BCUT2D eigenvalue weighted by atomic mass is 16.6. The van der Waals surface area contributed by atoms with Crippen LogP contribution in [0.4, 0.5) is 5.69 Å². The molecule has 0 fully saturated rings. The fraction of sp³-hybridized carbons (Fsp3) is 0.100. The minimum atomic E-state index is -0.419. The van der Waals surface area contributed by atoms with Crippen LogP contribution in [0, 0.1) is 17.0 Å². The van der Waals surface area contributed by atoms with E-state index in [4.69, 9.17) is 0 Å². The van der Waals surface area contributed by atoms with Gasteiger partial charge in [-0.25, -0.2) is 4.98 Å². The summed E-state index contributed by atoms with van der Waals surface area (Å²) in [5.41, 5.74) is 1.89. The predicted octanol–water partition coefficient (Wildman–Crippen LogP) is 2.29. The molecule has 76 valence electrons. The second kappa shape index (κ2) is 3.53. The highest BCUT2D eigenvalue weighted by Gasteiger charge is 2.06. The number of nitro benzene ring substituents is 1. The first kappa shape index (κ1) is 9.39. The van der Waals surface area contributed by atoms with Crippen molar-refractivity contribution in [1.29, 1.82) is 0 Å². The first-order chi connectivity index (χ1) is 7.16. The number of nitro groups is 1. The first-order valence-corrected chi connectivity index (χ1v) is 4.43. The summed E-state index contributed by atoms with van der Waals surface area (Å²) >= 11 is 0. The van der Waals surface area contributed by atoms with Gasteiger partial charge in [0.1, 0.15) is 5.82 Å². The molecule has 0 bridgehead atoms. The number of hydrogen-bond acceptors (Lipinski definition) is 3. The Morgan fingerprint density at radius 1 is 1.33 bits per heavy atom. The maximum absolute atomic E-state index is 10.4. The Morgan fingerprint density at radius 3 is 2.47 bits per heavy atom. The molecule has 0 spiro atoms. The molecular weight excluding hydrogens is 194 g/mol. The lowest BCUT2D eigenvalue weighted by Crippen LogP contribution is -1.87. The molecule has 2 rings (SSSR count). The van der Waals surface area contributed by atoms with E-state index in [9.17, 15) is 10.1 Å². The summed E-state index contributed by atoms with van der Waals surface area (Å²) in [6.07, 6.45) is 1.72. The van der Waals surface area contributed by atoms with Gasteiger partial charge in [-0.3, -0.25) is 10.1 Å². The number of benzene rings is 1. The van der Waals surface area contributed by atoms with Gasteiger partial charge in [0.25, 0.3) is 5.69 Å². The van der Waals surface area contributed by atoms with Crippen LogP contribution in [0.5, 0.6) is 0 Å². The Kier molecular flexibility index (Phi) is 2.21. The molecule has 5 nitrogen and oxygen atoms in total. The second-order valence-electron chi connectivity index (χ2n) is 3.22. The van der Waals surface area contributed by atoms with Crippen LogP contribution < -0.4 is 0 Å². The molecule has 1 aromatic carbocycles. The van der Waals surface area contributed by atoms with Gasteiger partial charge in [-0.15, -0.1) is 0 Å². The number of aryl methyl sites for hydroxylation is 1. The number of imidazole rings is 1. The van der Waals surface area contributed by atoms with E-state index in [2.05, 4.69) is 9.97 Å². The van der Waals surface area contributed by atoms with Crippen molar-refractivity contribution in [3.05, 3.63) is 46.3 Å². The third kappa shape index (κ3) is 1.85. The first-order valence-electron chi connectivity index (χ1n) is 4.43. The second-order valence-corrected chi connectivity index (χ2v) is 3.22. The highest BCUT2D eigenvalue weighted by Crippen LogP contribution is 2.19. The molecule has 0 aliphatic rings. The van der Waals surface area contributed by atoms with E-state index in [-0.39, 0.29) is 5.69 Å². The van der Waals surface area contributed by atoms with E-state index in [1.54, 1.807) is 18.3 Å². The molecule has 1 N–H and O–H groups in total. The molecule has 15 heavy (non-hydrogen) atoms. The number of H-pyrrole nitrogens is 1. The summed E-state index contributed by atoms with van der Waals surface area (Å²) in [6, 6.07) is 6.28. The van der Waals surface area contributed by atoms with Gasteiger partial charge in [-0.2, -0.15) is 0 Å². The lowest BCUT2D eigenvalue weighted by Gasteiger charge is -1.95. The molecule has 1 heterocycles. The summed E-state index contributed by atoms with van der Waals surface area (Å²) in [5.74, 6) is 0.724. The Balaban J connectivity index is 2.35. The number of aromatic amines is 1. The Bertz CT molecular complexity index is 488. The van der Waals surface area contributed by atoms with E-state index in [1.165, 1.54) is 12.1 Å². The van der Waals surface area contributed by atoms with E-state index in [1.807, 2.05) is 6.92 Å². The maximum Gasteiger partial charge on any atom is 0.269 e. The minimum absolute atomic E-state index is 0.0852. The smallest absolute Gasteiger partial charge is 0.269 e. The zero-order chi connectivity index (χ0) is 10.8. The van der Waals surface area contributed by atoms with E-state index < -0.39 is 4.92 Å². The average molecular weight is 203 g/mol. The summed E-state index contributed by atoms with van der Waals surface area (Å²) in [7, 11) is 0. The van der Waals surface area contributed by atoms with Crippen LogP contribution in [-0.4, -0.2) is 14.9 Å². The fourth-order valence-corrected chi connectivity index (χ4v) is 1.30. The molecule has 0 aliphatic heterocycles. The zero-order valence-corrected chi connectivity index (χ0v) is 8.10. The monoisotopic (exact) mass is 203 g/mol. The van der Waals surface area contributed by atoms with Crippen molar-refractivity contribution in [2.24, 2.45) is 0 Å². The Hall–Kier alpha value is -2.17. The summed E-state index contributed by atoms with van der Waals surface area (Å²) in [5, 5.41) is 10.4. The predicted molar refractivity (Wildman–Crippen MR) is 55.4 cm³/mol. The zero-order valence-electron chi connectivity index (χ0n) is 8.10. The SMILES string of the molecule is Cc1cnc(-c2ccc([N+](=O)[O-])cc2)[nH]1. The van der Waals surface area contributed by atoms with Gasteiger partial charge in [0.05, 0.1) is 4.92 Å². The molecule has 5 heteroatoms. The quantitative estimate of drug-likeness (QED) is 0.601. The highest BCUT2D eigenvalue weighted by molar-refractivity contribution is 5.57. The van der Waals surface area contributed by atoms with Crippen molar-refractivity contribution >= 4 is 5.69 Å². The molecule has 0 aliphatic carbocycles. The van der Waals surface area contributed by atoms with Crippen molar-refractivity contribution in [1.82, 2.24) is 9.97 Å². The normalized spacial score (nSPS) is 10.2. The molecule has 0 atom stereocenters. The van der Waals surface area contributed by atoms with Gasteiger partial charge in [-0.1, -0.05) is 0 Å². The van der Waals surface area contributed by atoms with Crippen LogP contribution in [0.1, 0.15) is 5.69 Å².